The number of likely N-dealkylation sites (tertiary alicyclic amines) is 1. The monoisotopic (exact) mass is 604 g/mol. The Morgan fingerprint density at radius 3 is 2.51 bits per heavy atom. The molecule has 3 heterocycles. The van der Waals surface area contributed by atoms with Crippen molar-refractivity contribution < 1.29 is 36.6 Å². The van der Waals surface area contributed by atoms with Gasteiger partial charge in [0.15, 0.2) is 0 Å². The summed E-state index contributed by atoms with van der Waals surface area (Å²) in [6.07, 6.45) is -0.162. The van der Waals surface area contributed by atoms with Crippen LogP contribution in [0.2, 0.25) is 0 Å². The molecule has 1 fully saturated rings. The molecule has 2 aromatic rings. The van der Waals surface area contributed by atoms with Crippen LogP contribution in [-0.4, -0.2) is 78.5 Å². The lowest BCUT2D eigenvalue weighted by atomic mass is 10.0. The Morgan fingerprint density at radius 2 is 1.91 bits per heavy atom. The predicted molar refractivity (Wildman–Crippen MR) is 150 cm³/mol. The molecule has 0 saturated carbocycles. The largest absolute Gasteiger partial charge is 0.495 e. The number of aromatic nitrogens is 2. The second-order valence-corrected chi connectivity index (χ2v) is 10.1. The van der Waals surface area contributed by atoms with Crippen molar-refractivity contribution >= 4 is 23.5 Å². The van der Waals surface area contributed by atoms with Gasteiger partial charge in [0.1, 0.15) is 22.9 Å². The number of allylic oxidation sites excluding steroid dienone is 1. The Bertz CT molecular complexity index is 1480. The summed E-state index contributed by atoms with van der Waals surface area (Å²) < 4.78 is 67.7. The Balaban J connectivity index is 1.63. The van der Waals surface area contributed by atoms with Gasteiger partial charge in [-0.1, -0.05) is 12.7 Å². The molecule has 0 aliphatic carbocycles. The summed E-state index contributed by atoms with van der Waals surface area (Å²) in [5, 5.41) is 5.47. The van der Waals surface area contributed by atoms with Crippen LogP contribution >= 0.6 is 0 Å². The number of halogens is 4. The van der Waals surface area contributed by atoms with Gasteiger partial charge in [0, 0.05) is 31.9 Å². The molecule has 10 nitrogen and oxygen atoms in total. The van der Waals surface area contributed by atoms with Crippen molar-refractivity contribution in [3.05, 3.63) is 70.9 Å². The summed E-state index contributed by atoms with van der Waals surface area (Å²) in [6.45, 7) is 6.98. The van der Waals surface area contributed by atoms with Gasteiger partial charge in [-0.2, -0.15) is 18.2 Å². The molecule has 43 heavy (non-hydrogen) atoms. The minimum Gasteiger partial charge on any atom is -0.495 e. The van der Waals surface area contributed by atoms with E-state index in [1.54, 1.807) is 0 Å². The number of amides is 2. The normalized spacial score (nSPS) is 16.9. The lowest BCUT2D eigenvalue weighted by Crippen LogP contribution is -2.43. The number of nitrogens with one attached hydrogen (secondary N) is 2. The van der Waals surface area contributed by atoms with Crippen LogP contribution in [0.4, 0.5) is 29.2 Å². The van der Waals surface area contributed by atoms with Gasteiger partial charge in [-0.25, -0.2) is 9.37 Å². The van der Waals surface area contributed by atoms with Gasteiger partial charge < -0.3 is 29.9 Å². The molecule has 2 aliphatic rings. The van der Waals surface area contributed by atoms with Crippen molar-refractivity contribution in [2.24, 2.45) is 0 Å². The van der Waals surface area contributed by atoms with E-state index in [0.29, 0.717) is 11.8 Å². The Labute approximate surface area is 246 Å². The van der Waals surface area contributed by atoms with Crippen LogP contribution in [-0.2, 0) is 11.0 Å². The zero-order valence-corrected chi connectivity index (χ0v) is 24.1. The third-order valence-electron chi connectivity index (χ3n) is 7.14. The van der Waals surface area contributed by atoms with Crippen LogP contribution in [0.15, 0.2) is 54.0 Å². The number of ether oxygens (including phenoxy) is 2. The smallest absolute Gasteiger partial charge is 0.423 e. The summed E-state index contributed by atoms with van der Waals surface area (Å²) in [6, 6.07) is 2.05. The highest BCUT2D eigenvalue weighted by Crippen LogP contribution is 2.38. The Kier molecular flexibility index (Phi) is 9.38. The lowest BCUT2D eigenvalue weighted by Gasteiger charge is -2.29. The number of carbonyl (C=O) groups excluding carboxylic acids is 2. The maximum Gasteiger partial charge on any atom is 0.423 e. The van der Waals surface area contributed by atoms with Gasteiger partial charge in [0.2, 0.25) is 11.8 Å². The van der Waals surface area contributed by atoms with E-state index in [1.807, 2.05) is 7.05 Å². The van der Waals surface area contributed by atoms with Gasteiger partial charge in [0.05, 0.1) is 23.9 Å². The molecule has 0 unspecified atom stereocenters. The summed E-state index contributed by atoms with van der Waals surface area (Å²) in [7, 11) is 4.81. The van der Waals surface area contributed by atoms with Crippen molar-refractivity contribution in [1.82, 2.24) is 25.1 Å². The van der Waals surface area contributed by atoms with Crippen molar-refractivity contribution in [2.75, 3.05) is 46.2 Å². The second-order valence-electron chi connectivity index (χ2n) is 10.1. The molecule has 2 amide bonds. The first-order valence-electron chi connectivity index (χ1n) is 13.4. The summed E-state index contributed by atoms with van der Waals surface area (Å²) in [5.74, 6) is -3.35. The second kappa shape index (κ2) is 12.8. The van der Waals surface area contributed by atoms with Crippen molar-refractivity contribution in [2.45, 2.75) is 32.0 Å². The van der Waals surface area contributed by atoms with E-state index in [1.165, 1.54) is 44.2 Å². The van der Waals surface area contributed by atoms with E-state index in [-0.39, 0.29) is 46.9 Å². The molecule has 14 heteroatoms. The lowest BCUT2D eigenvalue weighted by molar-refractivity contribution is -0.139. The number of anilines is 2. The predicted octanol–water partition coefficient (Wildman–Crippen LogP) is 4.45. The third kappa shape index (κ3) is 6.96. The number of carbonyl (C=O) groups is 2. The number of hydrogen-bond acceptors (Lipinski definition) is 8. The van der Waals surface area contributed by atoms with Gasteiger partial charge in [-0.15, -0.1) is 0 Å². The molecular weight excluding hydrogens is 572 g/mol. The molecule has 0 radical (unpaired) electrons. The van der Waals surface area contributed by atoms with Crippen LogP contribution in [0.3, 0.4) is 0 Å². The van der Waals surface area contributed by atoms with Gasteiger partial charge in [-0.3, -0.25) is 9.59 Å². The van der Waals surface area contributed by atoms with Crippen LogP contribution in [0.1, 0.15) is 35.7 Å². The first kappa shape index (κ1) is 31.5. The topological polar surface area (TPSA) is 109 Å². The van der Waals surface area contributed by atoms with E-state index in [2.05, 4.69) is 32.1 Å². The maximum atomic E-state index is 15.1. The number of methoxy groups -OCH3 is 1. The maximum absolute atomic E-state index is 15.1. The highest BCUT2D eigenvalue weighted by molar-refractivity contribution is 6.01. The average molecular weight is 605 g/mol. The number of likely N-dealkylation sites (N-methyl/N-ethyl adjacent to an activating group) is 1. The zero-order valence-electron chi connectivity index (χ0n) is 24.1. The molecule has 1 aromatic heterocycles. The minimum atomic E-state index is -4.90. The van der Waals surface area contributed by atoms with Gasteiger partial charge in [-0.05, 0) is 57.6 Å². The third-order valence-corrected chi connectivity index (χ3v) is 7.14. The molecule has 0 bridgehead atoms. The van der Waals surface area contributed by atoms with Gasteiger partial charge >= 0.3 is 6.18 Å². The fourth-order valence-corrected chi connectivity index (χ4v) is 4.75. The fraction of sp³-hybridized carbons (Fsp3) is 0.379. The van der Waals surface area contributed by atoms with E-state index < -0.39 is 35.3 Å². The van der Waals surface area contributed by atoms with Crippen LogP contribution in [0, 0.1) is 5.82 Å². The molecule has 1 aromatic carbocycles. The summed E-state index contributed by atoms with van der Waals surface area (Å²) >= 11 is 0. The molecule has 0 spiro atoms. The molecule has 2 aliphatic heterocycles. The highest BCUT2D eigenvalue weighted by Gasteiger charge is 2.38. The van der Waals surface area contributed by atoms with Crippen molar-refractivity contribution in [3.63, 3.8) is 0 Å². The molecule has 0 atom stereocenters. The molecular formula is C29H32F4N6O4. The number of rotatable bonds is 9. The fourth-order valence-electron chi connectivity index (χ4n) is 4.75. The zero-order chi connectivity index (χ0) is 31.5. The molecule has 4 rings (SSSR count). The molecule has 230 valence electrons. The number of hydrogen-bond donors (Lipinski definition) is 2. The van der Waals surface area contributed by atoms with E-state index in [9.17, 15) is 22.8 Å². The first-order chi connectivity index (χ1) is 20.4. The minimum absolute atomic E-state index is 0.0235. The summed E-state index contributed by atoms with van der Waals surface area (Å²) in [5.41, 5.74) is -1.07. The average Bonchev–Trinajstić information content (AvgIpc) is 3.25. The van der Waals surface area contributed by atoms with Crippen molar-refractivity contribution in [1.29, 1.82) is 0 Å². The van der Waals surface area contributed by atoms with E-state index >= 15 is 4.39 Å². The number of nitrogens with zero attached hydrogens (tertiary/aromatic N) is 4. The van der Waals surface area contributed by atoms with Crippen LogP contribution < -0.4 is 20.1 Å². The number of piperidine rings is 1. The molecule has 2 N–H and O–H groups in total. The van der Waals surface area contributed by atoms with Crippen LogP contribution in [0.25, 0.3) is 0 Å². The number of benzene rings is 1. The first-order valence-corrected chi connectivity index (χ1v) is 13.4. The SMILES string of the molecule is C=CC1=C(/C(=C\C)Oc2nc(Nc3cc(F)c(C(=O)NC4CCN(C)CC4)cc3OC)ncc2C(F)(F)F)C(=O)N(C)C1. The van der Waals surface area contributed by atoms with Gasteiger partial charge in [0.25, 0.3) is 11.8 Å². The number of alkyl halides is 3. The van der Waals surface area contributed by atoms with E-state index in [4.69, 9.17) is 9.47 Å². The van der Waals surface area contributed by atoms with Crippen LogP contribution in [0.5, 0.6) is 11.6 Å². The highest BCUT2D eigenvalue weighted by atomic mass is 19.4. The van der Waals surface area contributed by atoms with Crippen molar-refractivity contribution in [3.8, 4) is 11.6 Å². The van der Waals surface area contributed by atoms with E-state index in [0.717, 1.165) is 32.0 Å². The Hall–Kier alpha value is -4.46. The Morgan fingerprint density at radius 1 is 1.21 bits per heavy atom. The summed E-state index contributed by atoms with van der Waals surface area (Å²) in [4.78, 5) is 36.7. The quantitative estimate of drug-likeness (QED) is 0.320. The molecule has 1 saturated heterocycles. The standard InChI is InChI=1S/C29H32F4N6O4/c1-6-16-15-39(4)27(41)24(16)22(7-2)43-26-19(29(31,32)33)14-34-28(37-26)36-21-13-20(30)18(12-23(21)42-5)25(40)35-17-8-10-38(3)11-9-17/h6-7,12-14,17H,1,8-11,15H2,2-5H3,(H,35,40)(H,34,36,37)/b22-7+.